The molecule has 1 saturated heterocycles. The number of methoxy groups -OCH3 is 1. The van der Waals surface area contributed by atoms with Crippen molar-refractivity contribution in [1.82, 2.24) is 5.32 Å². The van der Waals surface area contributed by atoms with E-state index in [-0.39, 0.29) is 27.0 Å². The number of nitrogens with zero attached hydrogens (tertiary/aromatic N) is 1. The molecule has 8 nitrogen and oxygen atoms in total. The third-order valence-electron chi connectivity index (χ3n) is 4.83. The molecule has 0 aliphatic carbocycles. The number of anilines is 1. The van der Waals surface area contributed by atoms with Crippen LogP contribution >= 0.6 is 23.8 Å². The molecule has 0 spiro atoms. The number of rotatable bonds is 5. The lowest BCUT2D eigenvalue weighted by Crippen LogP contribution is -2.54. The minimum absolute atomic E-state index is 0.0339. The second-order valence-corrected chi connectivity index (χ2v) is 7.65. The van der Waals surface area contributed by atoms with Gasteiger partial charge in [-0.3, -0.25) is 19.8 Å². The van der Waals surface area contributed by atoms with Crippen molar-refractivity contribution in [2.75, 3.05) is 12.0 Å². The average Bonchev–Trinajstić information content (AvgIpc) is 3.25. The molecule has 166 valence electrons. The Morgan fingerprint density at radius 1 is 1.15 bits per heavy atom. The van der Waals surface area contributed by atoms with E-state index in [1.165, 1.54) is 30.2 Å². The van der Waals surface area contributed by atoms with Gasteiger partial charge in [0.05, 0.1) is 23.4 Å². The van der Waals surface area contributed by atoms with E-state index in [2.05, 4.69) is 5.32 Å². The normalized spacial score (nSPS) is 15.0. The van der Waals surface area contributed by atoms with Crippen LogP contribution in [0.25, 0.3) is 17.4 Å². The predicted molar refractivity (Wildman–Crippen MR) is 125 cm³/mol. The number of carbonyl (C=O) groups is 3. The number of nitrogens with one attached hydrogen (secondary N) is 1. The number of aromatic carboxylic acids is 1. The first-order valence-corrected chi connectivity index (χ1v) is 10.3. The van der Waals surface area contributed by atoms with E-state index in [1.807, 2.05) is 0 Å². The van der Waals surface area contributed by atoms with Crippen LogP contribution in [0, 0.1) is 0 Å². The topological polar surface area (TPSA) is 109 Å². The summed E-state index contributed by atoms with van der Waals surface area (Å²) in [4.78, 5) is 37.9. The highest BCUT2D eigenvalue weighted by Gasteiger charge is 2.34. The maximum absolute atomic E-state index is 13.1. The van der Waals surface area contributed by atoms with Crippen molar-refractivity contribution in [3.63, 3.8) is 0 Å². The maximum Gasteiger partial charge on any atom is 0.337 e. The summed E-state index contributed by atoms with van der Waals surface area (Å²) >= 11 is 11.2. The minimum Gasteiger partial charge on any atom is -0.497 e. The molecule has 0 atom stereocenters. The summed E-state index contributed by atoms with van der Waals surface area (Å²) in [5, 5.41) is 11.6. The Morgan fingerprint density at radius 2 is 1.88 bits per heavy atom. The molecule has 2 amide bonds. The van der Waals surface area contributed by atoms with Crippen molar-refractivity contribution < 1.29 is 28.6 Å². The van der Waals surface area contributed by atoms with Crippen LogP contribution in [0.5, 0.6) is 5.75 Å². The molecule has 33 heavy (non-hydrogen) atoms. The van der Waals surface area contributed by atoms with E-state index in [1.54, 1.807) is 42.5 Å². The Hall–Kier alpha value is -3.95. The molecule has 10 heteroatoms. The average molecular weight is 483 g/mol. The number of furan rings is 1. The van der Waals surface area contributed by atoms with Crippen LogP contribution < -0.4 is 15.0 Å². The second-order valence-electron chi connectivity index (χ2n) is 6.86. The number of carbonyl (C=O) groups excluding carboxylic acids is 2. The number of hydrogen-bond acceptors (Lipinski definition) is 6. The van der Waals surface area contributed by atoms with E-state index in [0.717, 1.165) is 0 Å². The van der Waals surface area contributed by atoms with Crippen LogP contribution in [0.4, 0.5) is 5.69 Å². The smallest absolute Gasteiger partial charge is 0.337 e. The lowest BCUT2D eigenvalue weighted by molar-refractivity contribution is -0.122. The molecule has 1 fully saturated rings. The van der Waals surface area contributed by atoms with Crippen LogP contribution in [0.2, 0.25) is 5.02 Å². The zero-order valence-corrected chi connectivity index (χ0v) is 18.6. The molecule has 2 aromatic carbocycles. The van der Waals surface area contributed by atoms with Crippen molar-refractivity contribution in [1.29, 1.82) is 0 Å². The van der Waals surface area contributed by atoms with Crippen LogP contribution in [0.15, 0.2) is 64.6 Å². The summed E-state index contributed by atoms with van der Waals surface area (Å²) in [6, 6.07) is 14.2. The molecule has 4 rings (SSSR count). The Bertz CT molecular complexity index is 1330. The predicted octanol–water partition coefficient (Wildman–Crippen LogP) is 4.14. The van der Waals surface area contributed by atoms with E-state index in [9.17, 15) is 14.4 Å². The number of hydrogen-bond donors (Lipinski definition) is 2. The van der Waals surface area contributed by atoms with Crippen LogP contribution in [0.3, 0.4) is 0 Å². The van der Waals surface area contributed by atoms with Gasteiger partial charge in [0.15, 0.2) is 5.11 Å². The van der Waals surface area contributed by atoms with Crippen LogP contribution in [0.1, 0.15) is 16.1 Å². The number of thiocarbonyl (C=S) groups is 1. The first kappa shape index (κ1) is 22.3. The van der Waals surface area contributed by atoms with Crippen LogP contribution in [-0.4, -0.2) is 35.1 Å². The van der Waals surface area contributed by atoms with Gasteiger partial charge in [-0.1, -0.05) is 17.7 Å². The van der Waals surface area contributed by atoms with Gasteiger partial charge in [0.1, 0.15) is 22.8 Å². The van der Waals surface area contributed by atoms with Gasteiger partial charge in [-0.05, 0) is 66.8 Å². The Labute approximate surface area is 198 Å². The largest absolute Gasteiger partial charge is 0.497 e. The van der Waals surface area contributed by atoms with E-state index in [4.69, 9.17) is 38.1 Å². The molecule has 2 N–H and O–H groups in total. The van der Waals surface area contributed by atoms with Gasteiger partial charge in [-0.25, -0.2) is 4.79 Å². The zero-order chi connectivity index (χ0) is 23.7. The summed E-state index contributed by atoms with van der Waals surface area (Å²) in [5.41, 5.74) is 0.799. The molecule has 0 bridgehead atoms. The maximum atomic E-state index is 13.1. The number of benzene rings is 2. The number of carboxylic acid groups (broad SMARTS) is 1. The third kappa shape index (κ3) is 4.36. The monoisotopic (exact) mass is 482 g/mol. The summed E-state index contributed by atoms with van der Waals surface area (Å²) in [7, 11) is 1.53. The standard InChI is InChI=1S/C23H15ClN2O6S/c1-31-14-5-3-13(4-6-14)26-21(28)17(20(27)25-23(26)33)11-15-7-9-19(32-15)12-2-8-16(22(29)30)18(24)10-12/h2-11H,1H3,(H,29,30)(H,25,27,33). The highest BCUT2D eigenvalue weighted by molar-refractivity contribution is 7.80. The Morgan fingerprint density at radius 3 is 2.52 bits per heavy atom. The molecular formula is C23H15ClN2O6S. The van der Waals surface area contributed by atoms with Gasteiger partial charge >= 0.3 is 5.97 Å². The minimum atomic E-state index is -1.14. The quantitative estimate of drug-likeness (QED) is 0.319. The van der Waals surface area contributed by atoms with Crippen molar-refractivity contribution in [2.24, 2.45) is 0 Å². The summed E-state index contributed by atoms with van der Waals surface area (Å²) in [5.74, 6) is -1.18. The molecule has 0 radical (unpaired) electrons. The van der Waals surface area contributed by atoms with E-state index < -0.39 is 17.8 Å². The van der Waals surface area contributed by atoms with Gasteiger partial charge in [0, 0.05) is 5.56 Å². The molecule has 2 heterocycles. The fourth-order valence-electron chi connectivity index (χ4n) is 3.19. The second kappa shape index (κ2) is 8.89. The van der Waals surface area contributed by atoms with Gasteiger partial charge in [0.25, 0.3) is 11.8 Å². The van der Waals surface area contributed by atoms with Crippen LogP contribution in [-0.2, 0) is 9.59 Å². The number of halogens is 1. The molecule has 3 aromatic rings. The Balaban J connectivity index is 1.64. The fourth-order valence-corrected chi connectivity index (χ4v) is 3.74. The zero-order valence-electron chi connectivity index (χ0n) is 17.0. The number of amides is 2. The van der Waals surface area contributed by atoms with Gasteiger partial charge in [0.2, 0.25) is 0 Å². The lowest BCUT2D eigenvalue weighted by Gasteiger charge is -2.28. The molecule has 1 aliphatic rings. The lowest BCUT2D eigenvalue weighted by atomic mass is 10.1. The van der Waals surface area contributed by atoms with Crippen molar-refractivity contribution in [2.45, 2.75) is 0 Å². The SMILES string of the molecule is COc1ccc(N2C(=O)C(=Cc3ccc(-c4ccc(C(=O)O)c(Cl)c4)o3)C(=O)NC2=S)cc1. The summed E-state index contributed by atoms with van der Waals surface area (Å²) < 4.78 is 10.9. The van der Waals surface area contributed by atoms with Gasteiger partial charge in [-0.15, -0.1) is 0 Å². The third-order valence-corrected chi connectivity index (χ3v) is 5.43. The molecular weight excluding hydrogens is 468 g/mol. The first-order valence-electron chi connectivity index (χ1n) is 9.47. The number of ether oxygens (including phenoxy) is 1. The van der Waals surface area contributed by atoms with E-state index in [0.29, 0.717) is 22.8 Å². The van der Waals surface area contributed by atoms with Crippen molar-refractivity contribution in [3.8, 4) is 17.1 Å². The van der Waals surface area contributed by atoms with E-state index >= 15 is 0 Å². The number of carboxylic acids is 1. The first-order chi connectivity index (χ1) is 15.8. The van der Waals surface area contributed by atoms with Gasteiger partial charge in [-0.2, -0.15) is 0 Å². The van der Waals surface area contributed by atoms with Crippen molar-refractivity contribution in [3.05, 3.63) is 76.5 Å². The van der Waals surface area contributed by atoms with Crippen molar-refractivity contribution >= 4 is 58.5 Å². The highest BCUT2D eigenvalue weighted by Crippen LogP contribution is 2.29. The highest BCUT2D eigenvalue weighted by atomic mass is 35.5. The van der Waals surface area contributed by atoms with Gasteiger partial charge < -0.3 is 14.3 Å². The fraction of sp³-hybridized carbons (Fsp3) is 0.0435. The molecule has 1 aliphatic heterocycles. The summed E-state index contributed by atoms with van der Waals surface area (Å²) in [6.45, 7) is 0. The summed E-state index contributed by atoms with van der Waals surface area (Å²) in [6.07, 6.45) is 1.31. The molecule has 1 aromatic heterocycles. The molecule has 0 unspecified atom stereocenters. The Kier molecular flexibility index (Phi) is 5.99. The molecule has 0 saturated carbocycles.